The lowest BCUT2D eigenvalue weighted by Gasteiger charge is -2.30. The van der Waals surface area contributed by atoms with Crippen molar-refractivity contribution in [1.29, 1.82) is 0 Å². The molecule has 2 aromatic carbocycles. The van der Waals surface area contributed by atoms with Crippen LogP contribution in [0, 0.1) is 13.8 Å². The number of amidine groups is 1. The minimum atomic E-state index is -0.630. The van der Waals surface area contributed by atoms with E-state index in [2.05, 4.69) is 43.6 Å². The topological polar surface area (TPSA) is 188 Å². The quantitative estimate of drug-likeness (QED) is 0.0530. The Labute approximate surface area is 323 Å². The number of oxime groups is 1. The summed E-state index contributed by atoms with van der Waals surface area (Å²) in [6.07, 6.45) is 11.9. The predicted octanol–water partition coefficient (Wildman–Crippen LogP) is 9.31. The van der Waals surface area contributed by atoms with Gasteiger partial charge in [-0.25, -0.2) is 14.8 Å². The fraction of sp³-hybridized carbons (Fsp3) is 0.462. The molecule has 0 aliphatic heterocycles. The summed E-state index contributed by atoms with van der Waals surface area (Å²) in [5.74, 6) is 3.84. The molecule has 3 heterocycles. The smallest absolute Gasteiger partial charge is 0.439 e. The number of nitrogens with zero attached hydrogens (tertiary/aromatic N) is 4. The van der Waals surface area contributed by atoms with Gasteiger partial charge in [-0.15, -0.1) is 0 Å². The first-order valence-electron chi connectivity index (χ1n) is 18.2. The summed E-state index contributed by atoms with van der Waals surface area (Å²) in [5, 5.41) is 16.1. The third-order valence-electron chi connectivity index (χ3n) is 10.4. The van der Waals surface area contributed by atoms with E-state index in [0.717, 1.165) is 60.4 Å². The highest BCUT2D eigenvalue weighted by Gasteiger charge is 2.35. The standard InChI is InChI=1S/C20H22ClN3O4.C19H24ClN3O3/c1-12-16(27-18(22-12)20(2)8-4-3-5-9-20)11-26-13-6-7-14(15(21)10-13)17-23-19(25)28-24-17;1-12-16(26-18(22-12)19(2)8-4-3-5-9-19)11-25-13-6-7-14(15(20)10-13)17(21)23-24/h6-7,10H,3-5,8-9,11H2,1-2H3,(H,23,24,25);6-7,10,24H,3-5,8-9,11H2,1-2H3,(H2,21,23). The van der Waals surface area contributed by atoms with Crippen LogP contribution in [0.15, 0.2) is 59.7 Å². The molecule has 4 N–H and O–H groups in total. The zero-order valence-corrected chi connectivity index (χ0v) is 32.5. The maximum atomic E-state index is 11.1. The van der Waals surface area contributed by atoms with Crippen LogP contribution in [0.25, 0.3) is 11.4 Å². The molecule has 0 atom stereocenters. The van der Waals surface area contributed by atoms with Gasteiger partial charge in [0.05, 0.1) is 21.4 Å². The van der Waals surface area contributed by atoms with Crippen LogP contribution >= 0.6 is 23.2 Å². The van der Waals surface area contributed by atoms with Crippen molar-refractivity contribution in [3.8, 4) is 22.9 Å². The number of nitrogens with one attached hydrogen (secondary N) is 1. The van der Waals surface area contributed by atoms with E-state index in [1.54, 1.807) is 36.4 Å². The molecule has 0 unspecified atom stereocenters. The summed E-state index contributed by atoms with van der Waals surface area (Å²) in [5.41, 5.74) is 8.32. The fourth-order valence-corrected chi connectivity index (χ4v) is 7.53. The summed E-state index contributed by atoms with van der Waals surface area (Å²) in [6.45, 7) is 8.88. The van der Waals surface area contributed by atoms with Gasteiger partial charge in [0.2, 0.25) is 11.8 Å². The van der Waals surface area contributed by atoms with Crippen LogP contribution in [0.5, 0.6) is 11.5 Å². The van der Waals surface area contributed by atoms with Crippen molar-refractivity contribution in [2.24, 2.45) is 10.9 Å². The average molecular weight is 782 g/mol. The zero-order chi connectivity index (χ0) is 38.5. The van der Waals surface area contributed by atoms with E-state index in [1.807, 2.05) is 13.8 Å². The average Bonchev–Trinajstić information content (AvgIpc) is 3.88. The molecular weight excluding hydrogens is 735 g/mol. The first-order chi connectivity index (χ1) is 25.9. The third-order valence-corrected chi connectivity index (χ3v) is 11.1. The molecule has 0 spiro atoms. The molecule has 5 aromatic rings. The highest BCUT2D eigenvalue weighted by atomic mass is 35.5. The zero-order valence-electron chi connectivity index (χ0n) is 31.0. The number of aryl methyl sites for hydroxylation is 2. The van der Waals surface area contributed by atoms with Crippen molar-refractivity contribution in [3.63, 3.8) is 0 Å². The van der Waals surface area contributed by atoms with Gasteiger partial charge >= 0.3 is 5.76 Å². The van der Waals surface area contributed by atoms with Gasteiger partial charge in [0.15, 0.2) is 23.2 Å². The largest absolute Gasteiger partial charge is 0.486 e. The normalized spacial score (nSPS) is 16.7. The molecule has 2 aliphatic carbocycles. The highest BCUT2D eigenvalue weighted by molar-refractivity contribution is 6.34. The molecule has 288 valence electrons. The molecule has 15 heteroatoms. The second-order valence-electron chi connectivity index (χ2n) is 14.6. The van der Waals surface area contributed by atoms with Crippen molar-refractivity contribution in [2.45, 2.75) is 116 Å². The number of oxazole rings is 2. The molecule has 0 bridgehead atoms. The molecule has 54 heavy (non-hydrogen) atoms. The highest BCUT2D eigenvalue weighted by Crippen LogP contribution is 2.40. The summed E-state index contributed by atoms with van der Waals surface area (Å²) in [4.78, 5) is 22.9. The predicted molar refractivity (Wildman–Crippen MR) is 204 cm³/mol. The van der Waals surface area contributed by atoms with E-state index >= 15 is 0 Å². The molecule has 3 aromatic heterocycles. The lowest BCUT2D eigenvalue weighted by molar-refractivity contribution is 0.225. The van der Waals surface area contributed by atoms with Gasteiger partial charge in [0, 0.05) is 22.0 Å². The Morgan fingerprint density at radius 3 is 1.78 bits per heavy atom. The molecule has 2 saturated carbocycles. The Morgan fingerprint density at radius 2 is 1.33 bits per heavy atom. The number of hydrogen-bond acceptors (Lipinski definition) is 11. The Morgan fingerprint density at radius 1 is 0.833 bits per heavy atom. The minimum Gasteiger partial charge on any atom is -0.486 e. The van der Waals surface area contributed by atoms with Crippen molar-refractivity contribution in [2.75, 3.05) is 0 Å². The first-order valence-corrected chi connectivity index (χ1v) is 19.0. The fourth-order valence-electron chi connectivity index (χ4n) is 7.00. The van der Waals surface area contributed by atoms with Crippen LogP contribution in [0.3, 0.4) is 0 Å². The lowest BCUT2D eigenvalue weighted by Crippen LogP contribution is -2.25. The Bertz CT molecular complexity index is 2140. The molecular formula is C39H46Cl2N6O7. The molecule has 7 rings (SSSR count). The summed E-state index contributed by atoms with van der Waals surface area (Å²) < 4.78 is 28.3. The molecule has 0 amide bonds. The van der Waals surface area contributed by atoms with E-state index in [4.69, 9.17) is 52.5 Å². The number of hydrogen-bond donors (Lipinski definition) is 3. The van der Waals surface area contributed by atoms with Crippen LogP contribution in [-0.2, 0) is 24.0 Å². The van der Waals surface area contributed by atoms with Crippen molar-refractivity contribution in [1.82, 2.24) is 20.1 Å². The Kier molecular flexibility index (Phi) is 12.1. The van der Waals surface area contributed by atoms with Gasteiger partial charge < -0.3 is 29.2 Å². The number of halogens is 2. The van der Waals surface area contributed by atoms with E-state index < -0.39 is 5.76 Å². The van der Waals surface area contributed by atoms with Crippen LogP contribution in [-0.4, -0.2) is 31.2 Å². The second kappa shape index (κ2) is 16.7. The van der Waals surface area contributed by atoms with Gasteiger partial charge in [-0.1, -0.05) is 85.9 Å². The van der Waals surface area contributed by atoms with Gasteiger partial charge in [-0.2, -0.15) is 0 Å². The first kappa shape index (κ1) is 39.0. The maximum Gasteiger partial charge on any atom is 0.439 e. The van der Waals surface area contributed by atoms with Crippen LogP contribution < -0.4 is 21.0 Å². The van der Waals surface area contributed by atoms with E-state index in [-0.39, 0.29) is 35.7 Å². The van der Waals surface area contributed by atoms with E-state index in [0.29, 0.717) is 32.7 Å². The minimum absolute atomic E-state index is 0.0146. The number of aromatic nitrogens is 4. The summed E-state index contributed by atoms with van der Waals surface area (Å²) in [7, 11) is 0. The van der Waals surface area contributed by atoms with Gasteiger partial charge in [0.25, 0.3) is 0 Å². The second-order valence-corrected chi connectivity index (χ2v) is 15.4. The molecule has 2 aliphatic rings. The SMILES string of the molecule is Cc1nc(C2(C)CCCCC2)oc1COc1ccc(-c2noc(=O)[nH]2)c(Cl)c1.Cc1nc(C2(C)CCCCC2)oc1COc1ccc(C(N)=NO)c(Cl)c1. The number of nitrogens with two attached hydrogens (primary N) is 1. The number of aromatic amines is 1. The Balaban J connectivity index is 0.000000185. The van der Waals surface area contributed by atoms with Crippen LogP contribution in [0.4, 0.5) is 0 Å². The molecule has 0 radical (unpaired) electrons. The third kappa shape index (κ3) is 8.95. The van der Waals surface area contributed by atoms with Gasteiger partial charge in [-0.3, -0.25) is 9.51 Å². The molecule has 2 fully saturated rings. The summed E-state index contributed by atoms with van der Waals surface area (Å²) in [6, 6.07) is 10.1. The number of rotatable bonds is 10. The molecule has 0 saturated heterocycles. The van der Waals surface area contributed by atoms with Crippen molar-refractivity contribution in [3.05, 3.63) is 97.2 Å². The van der Waals surface area contributed by atoms with Crippen LogP contribution in [0.2, 0.25) is 10.0 Å². The monoisotopic (exact) mass is 780 g/mol. The van der Waals surface area contributed by atoms with Crippen molar-refractivity contribution >= 4 is 29.0 Å². The van der Waals surface area contributed by atoms with E-state index in [1.165, 1.54) is 38.5 Å². The van der Waals surface area contributed by atoms with Crippen molar-refractivity contribution < 1.29 is 28.0 Å². The number of benzene rings is 2. The number of ether oxygens (including phenoxy) is 2. The van der Waals surface area contributed by atoms with E-state index in [9.17, 15) is 4.79 Å². The van der Waals surface area contributed by atoms with Crippen LogP contribution in [0.1, 0.15) is 118 Å². The lowest BCUT2D eigenvalue weighted by atomic mass is 9.75. The maximum absolute atomic E-state index is 11.1. The molecule has 13 nitrogen and oxygen atoms in total. The van der Waals surface area contributed by atoms with Gasteiger partial charge in [0.1, 0.15) is 24.7 Å². The summed E-state index contributed by atoms with van der Waals surface area (Å²) >= 11 is 12.4. The van der Waals surface area contributed by atoms with Gasteiger partial charge in [-0.05, 0) is 75.9 Å². The number of H-pyrrole nitrogens is 1. The Hall–Kier alpha value is -4.75.